The SMILES string of the molecule is Cc1ccn2cc(C(=O)N3CCC(C(=O)N4CCCCC4)CC3)nc2c1. The van der Waals surface area contributed by atoms with Gasteiger partial charge in [-0.05, 0) is 56.7 Å². The first-order valence-electron chi connectivity index (χ1n) is 9.65. The fourth-order valence-corrected chi connectivity index (χ4v) is 4.05. The summed E-state index contributed by atoms with van der Waals surface area (Å²) in [6.45, 7) is 5.09. The van der Waals surface area contributed by atoms with Gasteiger partial charge in [0.05, 0.1) is 0 Å². The Kier molecular flexibility index (Phi) is 4.66. The van der Waals surface area contributed by atoms with Gasteiger partial charge in [0, 0.05) is 44.5 Å². The van der Waals surface area contributed by atoms with Gasteiger partial charge in [0.2, 0.25) is 5.91 Å². The van der Waals surface area contributed by atoms with E-state index in [1.165, 1.54) is 6.42 Å². The minimum atomic E-state index is -0.0322. The van der Waals surface area contributed by atoms with Crippen LogP contribution in [0, 0.1) is 12.8 Å². The van der Waals surface area contributed by atoms with E-state index in [4.69, 9.17) is 0 Å². The van der Waals surface area contributed by atoms with Crippen LogP contribution in [0.5, 0.6) is 0 Å². The largest absolute Gasteiger partial charge is 0.342 e. The van der Waals surface area contributed by atoms with Crippen LogP contribution in [-0.2, 0) is 4.79 Å². The van der Waals surface area contributed by atoms with Crippen molar-refractivity contribution in [3.8, 4) is 0 Å². The molecule has 2 aliphatic rings. The predicted molar refractivity (Wildman–Crippen MR) is 99.0 cm³/mol. The van der Waals surface area contributed by atoms with Crippen LogP contribution in [0.15, 0.2) is 24.5 Å². The molecule has 2 fully saturated rings. The molecule has 0 N–H and O–H groups in total. The van der Waals surface area contributed by atoms with Crippen LogP contribution in [0.2, 0.25) is 0 Å². The summed E-state index contributed by atoms with van der Waals surface area (Å²) in [5.41, 5.74) is 2.40. The Morgan fingerprint density at radius 1 is 1.04 bits per heavy atom. The highest BCUT2D eigenvalue weighted by molar-refractivity contribution is 5.93. The second-order valence-corrected chi connectivity index (χ2v) is 7.55. The van der Waals surface area contributed by atoms with Crippen molar-refractivity contribution in [2.45, 2.75) is 39.0 Å². The lowest BCUT2D eigenvalue weighted by Gasteiger charge is -2.35. The molecule has 2 aromatic rings. The second-order valence-electron chi connectivity index (χ2n) is 7.55. The first-order chi connectivity index (χ1) is 12.6. The topological polar surface area (TPSA) is 57.9 Å². The van der Waals surface area contributed by atoms with Crippen molar-refractivity contribution >= 4 is 17.5 Å². The van der Waals surface area contributed by atoms with Gasteiger partial charge in [-0.2, -0.15) is 0 Å². The van der Waals surface area contributed by atoms with E-state index in [0.29, 0.717) is 24.7 Å². The van der Waals surface area contributed by atoms with Crippen molar-refractivity contribution in [2.75, 3.05) is 26.2 Å². The molecule has 0 saturated carbocycles. The first kappa shape index (κ1) is 17.1. The average molecular weight is 354 g/mol. The summed E-state index contributed by atoms with van der Waals surface area (Å²) in [5, 5.41) is 0. The molecule has 2 saturated heterocycles. The Morgan fingerprint density at radius 3 is 2.50 bits per heavy atom. The zero-order chi connectivity index (χ0) is 18.1. The van der Waals surface area contributed by atoms with E-state index >= 15 is 0 Å². The Labute approximate surface area is 153 Å². The van der Waals surface area contributed by atoms with Crippen LogP contribution >= 0.6 is 0 Å². The van der Waals surface area contributed by atoms with Crippen LogP contribution in [0.25, 0.3) is 5.65 Å². The zero-order valence-electron chi connectivity index (χ0n) is 15.4. The van der Waals surface area contributed by atoms with Crippen LogP contribution in [0.3, 0.4) is 0 Å². The molecule has 2 aromatic heterocycles. The normalized spacial score (nSPS) is 19.1. The maximum absolute atomic E-state index is 12.8. The number of hydrogen-bond acceptors (Lipinski definition) is 3. The summed E-state index contributed by atoms with van der Waals surface area (Å²) < 4.78 is 1.88. The molecule has 0 unspecified atom stereocenters. The molecule has 0 spiro atoms. The third-order valence-corrected chi connectivity index (χ3v) is 5.63. The molecule has 0 atom stereocenters. The standard InChI is InChI=1S/C20H26N4O2/c1-15-5-10-24-14-17(21-18(24)13-15)20(26)23-11-6-16(7-12-23)19(25)22-8-3-2-4-9-22/h5,10,13-14,16H,2-4,6-9,11-12H2,1H3. The monoisotopic (exact) mass is 354 g/mol. The smallest absolute Gasteiger partial charge is 0.274 e. The van der Waals surface area contributed by atoms with Gasteiger partial charge in [-0.1, -0.05) is 0 Å². The number of carbonyl (C=O) groups is 2. The van der Waals surface area contributed by atoms with E-state index in [-0.39, 0.29) is 11.8 Å². The Hall–Kier alpha value is -2.37. The highest BCUT2D eigenvalue weighted by Crippen LogP contribution is 2.23. The number of aryl methyl sites for hydroxylation is 1. The summed E-state index contributed by atoms with van der Waals surface area (Å²) in [6, 6.07) is 3.97. The molecule has 4 heterocycles. The fourth-order valence-electron chi connectivity index (χ4n) is 4.05. The van der Waals surface area contributed by atoms with Crippen molar-refractivity contribution < 1.29 is 9.59 Å². The molecular formula is C20H26N4O2. The molecule has 2 amide bonds. The number of piperidine rings is 2. The van der Waals surface area contributed by atoms with Gasteiger partial charge in [0.15, 0.2) is 0 Å². The van der Waals surface area contributed by atoms with Crippen LogP contribution in [0.1, 0.15) is 48.2 Å². The maximum Gasteiger partial charge on any atom is 0.274 e. The number of aromatic nitrogens is 2. The highest BCUT2D eigenvalue weighted by atomic mass is 16.2. The lowest BCUT2D eigenvalue weighted by atomic mass is 9.94. The molecule has 0 radical (unpaired) electrons. The van der Waals surface area contributed by atoms with Crippen molar-refractivity contribution in [3.05, 3.63) is 35.8 Å². The van der Waals surface area contributed by atoms with E-state index in [9.17, 15) is 9.59 Å². The number of carbonyl (C=O) groups excluding carboxylic acids is 2. The van der Waals surface area contributed by atoms with Crippen molar-refractivity contribution in [1.29, 1.82) is 0 Å². The number of hydrogen-bond donors (Lipinski definition) is 0. The lowest BCUT2D eigenvalue weighted by Crippen LogP contribution is -2.45. The summed E-state index contributed by atoms with van der Waals surface area (Å²) in [4.78, 5) is 33.8. The van der Waals surface area contributed by atoms with Crippen LogP contribution < -0.4 is 0 Å². The van der Waals surface area contributed by atoms with Gasteiger partial charge >= 0.3 is 0 Å². The van der Waals surface area contributed by atoms with Gasteiger partial charge in [0.1, 0.15) is 11.3 Å². The third-order valence-electron chi connectivity index (χ3n) is 5.63. The molecule has 2 aliphatic heterocycles. The molecule has 6 heteroatoms. The quantitative estimate of drug-likeness (QED) is 0.833. The maximum atomic E-state index is 12.8. The van der Waals surface area contributed by atoms with Crippen LogP contribution in [-0.4, -0.2) is 57.2 Å². The van der Waals surface area contributed by atoms with Crippen LogP contribution in [0.4, 0.5) is 0 Å². The molecule has 26 heavy (non-hydrogen) atoms. The minimum Gasteiger partial charge on any atom is -0.342 e. The number of pyridine rings is 1. The number of fused-ring (bicyclic) bond motifs is 1. The van der Waals surface area contributed by atoms with Gasteiger partial charge in [0.25, 0.3) is 5.91 Å². The van der Waals surface area contributed by atoms with Crippen molar-refractivity contribution in [3.63, 3.8) is 0 Å². The van der Waals surface area contributed by atoms with E-state index in [0.717, 1.165) is 50.0 Å². The van der Waals surface area contributed by atoms with Gasteiger partial charge in [-0.3, -0.25) is 9.59 Å². The summed E-state index contributed by atoms with van der Waals surface area (Å²) >= 11 is 0. The van der Waals surface area contributed by atoms with Crippen molar-refractivity contribution in [1.82, 2.24) is 19.2 Å². The molecule has 0 aliphatic carbocycles. The summed E-state index contributed by atoms with van der Waals surface area (Å²) in [5.74, 6) is 0.330. The molecule has 0 aromatic carbocycles. The highest BCUT2D eigenvalue weighted by Gasteiger charge is 2.31. The Balaban J connectivity index is 1.38. The summed E-state index contributed by atoms with van der Waals surface area (Å²) in [7, 11) is 0. The Bertz CT molecular complexity index is 814. The predicted octanol–water partition coefficient (Wildman–Crippen LogP) is 2.51. The minimum absolute atomic E-state index is 0.0322. The second kappa shape index (κ2) is 7.09. The molecule has 6 nitrogen and oxygen atoms in total. The zero-order valence-corrected chi connectivity index (χ0v) is 15.4. The fraction of sp³-hybridized carbons (Fsp3) is 0.550. The molecule has 4 rings (SSSR count). The first-order valence-corrected chi connectivity index (χ1v) is 9.65. The number of imidazole rings is 1. The summed E-state index contributed by atoms with van der Waals surface area (Å²) in [6.07, 6.45) is 8.71. The number of rotatable bonds is 2. The third kappa shape index (κ3) is 3.32. The van der Waals surface area contributed by atoms with Gasteiger partial charge < -0.3 is 14.2 Å². The van der Waals surface area contributed by atoms with E-state index in [1.54, 1.807) is 6.20 Å². The van der Waals surface area contributed by atoms with Gasteiger partial charge in [-0.15, -0.1) is 0 Å². The molecular weight excluding hydrogens is 328 g/mol. The molecule has 138 valence electrons. The van der Waals surface area contributed by atoms with E-state index < -0.39 is 0 Å². The van der Waals surface area contributed by atoms with E-state index in [2.05, 4.69) is 4.98 Å². The number of nitrogens with zero attached hydrogens (tertiary/aromatic N) is 4. The Morgan fingerprint density at radius 2 is 1.77 bits per heavy atom. The lowest BCUT2D eigenvalue weighted by molar-refractivity contribution is -0.137. The van der Waals surface area contributed by atoms with E-state index in [1.807, 2.05) is 39.5 Å². The molecule has 0 bridgehead atoms. The van der Waals surface area contributed by atoms with Crippen molar-refractivity contribution in [2.24, 2.45) is 5.92 Å². The van der Waals surface area contributed by atoms with Gasteiger partial charge in [-0.25, -0.2) is 4.98 Å². The average Bonchev–Trinajstić information content (AvgIpc) is 3.11. The number of amides is 2. The number of likely N-dealkylation sites (tertiary alicyclic amines) is 2.